The van der Waals surface area contributed by atoms with Gasteiger partial charge in [0.1, 0.15) is 16.5 Å². The van der Waals surface area contributed by atoms with Gasteiger partial charge in [-0.05, 0) is 42.0 Å². The Balaban J connectivity index is 1.81. The third kappa shape index (κ3) is 4.51. The van der Waals surface area contributed by atoms with Crippen LogP contribution in [-0.2, 0) is 14.9 Å². The molecule has 3 aromatic carbocycles. The monoisotopic (exact) mass is 385 g/mol. The van der Waals surface area contributed by atoms with E-state index in [9.17, 15) is 17.6 Å². The average molecular weight is 385 g/mol. The zero-order valence-electron chi connectivity index (χ0n) is 14.3. The van der Waals surface area contributed by atoms with Gasteiger partial charge in [-0.15, -0.1) is 0 Å². The van der Waals surface area contributed by atoms with E-state index in [1.54, 1.807) is 24.3 Å². The molecule has 0 aliphatic carbocycles. The summed E-state index contributed by atoms with van der Waals surface area (Å²) in [5, 5.41) is 2.54. The summed E-state index contributed by atoms with van der Waals surface area (Å²) in [6, 6.07) is 18.3. The maximum atomic E-state index is 14.4. The van der Waals surface area contributed by atoms with Crippen molar-refractivity contribution < 1.29 is 21.8 Å². The van der Waals surface area contributed by atoms with Crippen molar-refractivity contribution in [3.05, 3.63) is 78.6 Å². The Hall–Kier alpha value is -3.19. The Morgan fingerprint density at radius 1 is 0.963 bits per heavy atom. The van der Waals surface area contributed by atoms with Crippen molar-refractivity contribution >= 4 is 21.7 Å². The van der Waals surface area contributed by atoms with Crippen LogP contribution in [0.5, 0.6) is 5.75 Å². The van der Waals surface area contributed by atoms with E-state index in [0.29, 0.717) is 16.8 Å². The van der Waals surface area contributed by atoms with Crippen LogP contribution in [-0.4, -0.2) is 14.3 Å². The number of anilines is 1. The third-order valence-electron chi connectivity index (χ3n) is 3.69. The maximum Gasteiger partial charge on any atom is 0.339 e. The van der Waals surface area contributed by atoms with Crippen molar-refractivity contribution in [2.45, 2.75) is 11.8 Å². The predicted octanol–water partition coefficient (Wildman–Crippen LogP) is 4.22. The molecule has 0 aliphatic rings. The summed E-state index contributed by atoms with van der Waals surface area (Å²) in [4.78, 5) is 10.9. The van der Waals surface area contributed by atoms with E-state index in [2.05, 4.69) is 5.32 Å². The van der Waals surface area contributed by atoms with Crippen LogP contribution in [0.1, 0.15) is 6.92 Å². The molecule has 0 aliphatic heterocycles. The quantitative estimate of drug-likeness (QED) is 0.668. The highest BCUT2D eigenvalue weighted by molar-refractivity contribution is 7.87. The van der Waals surface area contributed by atoms with Crippen molar-refractivity contribution in [2.24, 2.45) is 0 Å². The Morgan fingerprint density at radius 3 is 2.22 bits per heavy atom. The van der Waals surface area contributed by atoms with Gasteiger partial charge in [0.15, 0.2) is 0 Å². The molecule has 1 N–H and O–H groups in total. The molecule has 3 aromatic rings. The number of benzene rings is 3. The first kappa shape index (κ1) is 18.6. The molecule has 0 aromatic heterocycles. The van der Waals surface area contributed by atoms with Crippen molar-refractivity contribution in [3.8, 4) is 16.9 Å². The van der Waals surface area contributed by atoms with Gasteiger partial charge in [-0.25, -0.2) is 4.39 Å². The number of rotatable bonds is 5. The number of carbonyl (C=O) groups excluding carboxylic acids is 1. The summed E-state index contributed by atoms with van der Waals surface area (Å²) in [5.74, 6) is -0.983. The van der Waals surface area contributed by atoms with Crippen LogP contribution in [0.15, 0.2) is 77.7 Å². The van der Waals surface area contributed by atoms with Gasteiger partial charge in [0.2, 0.25) is 5.91 Å². The molecule has 3 rings (SSSR count). The highest BCUT2D eigenvalue weighted by Gasteiger charge is 2.18. The zero-order valence-corrected chi connectivity index (χ0v) is 15.2. The molecule has 0 spiro atoms. The minimum atomic E-state index is -4.13. The number of nitrogens with one attached hydrogen (secondary N) is 1. The fourth-order valence-corrected chi connectivity index (χ4v) is 3.41. The molecule has 0 heterocycles. The van der Waals surface area contributed by atoms with Gasteiger partial charge in [0, 0.05) is 24.2 Å². The Kier molecular flexibility index (Phi) is 5.23. The molecule has 0 bridgehead atoms. The van der Waals surface area contributed by atoms with Crippen molar-refractivity contribution in [3.63, 3.8) is 0 Å². The molecule has 0 atom stereocenters. The molecular weight excluding hydrogens is 369 g/mol. The molecule has 27 heavy (non-hydrogen) atoms. The SMILES string of the molecule is CC(=O)Nc1ccc(S(=O)(=O)Oc2ccc(-c3ccccc3)c(F)c2)cc1. The Bertz CT molecular complexity index is 1060. The molecule has 138 valence electrons. The number of hydrogen-bond acceptors (Lipinski definition) is 4. The smallest absolute Gasteiger partial charge is 0.339 e. The highest BCUT2D eigenvalue weighted by atomic mass is 32.2. The Labute approximate surface area is 156 Å². The molecule has 5 nitrogen and oxygen atoms in total. The van der Waals surface area contributed by atoms with Crippen LogP contribution >= 0.6 is 0 Å². The second-order valence-corrected chi connectivity index (χ2v) is 7.30. The standard InChI is InChI=1S/C20H16FNO4S/c1-14(23)22-16-7-10-18(11-8-16)27(24,25)26-17-9-12-19(20(21)13-17)15-5-3-2-4-6-15/h2-13H,1H3,(H,22,23). The predicted molar refractivity (Wildman–Crippen MR) is 100 cm³/mol. The average Bonchev–Trinajstić information content (AvgIpc) is 2.62. The van der Waals surface area contributed by atoms with Gasteiger partial charge in [0.25, 0.3) is 0 Å². The molecule has 0 unspecified atom stereocenters. The summed E-state index contributed by atoms with van der Waals surface area (Å²) < 4.78 is 44.1. The molecule has 1 amide bonds. The van der Waals surface area contributed by atoms with Gasteiger partial charge < -0.3 is 9.50 Å². The first-order chi connectivity index (χ1) is 12.8. The summed E-state index contributed by atoms with van der Waals surface area (Å²) in [6.07, 6.45) is 0. The third-order valence-corrected chi connectivity index (χ3v) is 4.96. The molecule has 0 saturated carbocycles. The Morgan fingerprint density at radius 2 is 1.63 bits per heavy atom. The van der Waals surface area contributed by atoms with E-state index in [4.69, 9.17) is 4.18 Å². The minimum absolute atomic E-state index is 0.107. The van der Waals surface area contributed by atoms with Gasteiger partial charge in [-0.3, -0.25) is 4.79 Å². The fraction of sp³-hybridized carbons (Fsp3) is 0.0500. The van der Waals surface area contributed by atoms with Crippen molar-refractivity contribution in [1.29, 1.82) is 0 Å². The zero-order chi connectivity index (χ0) is 19.4. The lowest BCUT2D eigenvalue weighted by atomic mass is 10.1. The lowest BCUT2D eigenvalue weighted by Crippen LogP contribution is -2.10. The number of halogens is 1. The molecular formula is C20H16FNO4S. The molecule has 0 fully saturated rings. The van der Waals surface area contributed by atoms with Gasteiger partial charge in [0.05, 0.1) is 0 Å². The summed E-state index contributed by atoms with van der Waals surface area (Å²) in [5.41, 5.74) is 1.48. The summed E-state index contributed by atoms with van der Waals surface area (Å²) in [6.45, 7) is 1.35. The lowest BCUT2D eigenvalue weighted by Gasteiger charge is -2.10. The van der Waals surface area contributed by atoms with Gasteiger partial charge in [-0.2, -0.15) is 8.42 Å². The first-order valence-corrected chi connectivity index (χ1v) is 9.43. The van der Waals surface area contributed by atoms with Crippen LogP contribution in [0.2, 0.25) is 0 Å². The van der Waals surface area contributed by atoms with E-state index in [0.717, 1.165) is 6.07 Å². The van der Waals surface area contributed by atoms with Crippen molar-refractivity contribution in [2.75, 3.05) is 5.32 Å². The number of amides is 1. The second kappa shape index (κ2) is 7.59. The maximum absolute atomic E-state index is 14.4. The molecule has 0 saturated heterocycles. The topological polar surface area (TPSA) is 72.5 Å². The number of carbonyl (C=O) groups is 1. The summed E-state index contributed by atoms with van der Waals surface area (Å²) in [7, 11) is -4.13. The first-order valence-electron chi connectivity index (χ1n) is 8.02. The lowest BCUT2D eigenvalue weighted by molar-refractivity contribution is -0.114. The second-order valence-electron chi connectivity index (χ2n) is 5.75. The minimum Gasteiger partial charge on any atom is -0.379 e. The normalized spacial score (nSPS) is 11.0. The highest BCUT2D eigenvalue weighted by Crippen LogP contribution is 2.28. The fourth-order valence-electron chi connectivity index (χ4n) is 2.48. The largest absolute Gasteiger partial charge is 0.379 e. The van der Waals surface area contributed by atoms with E-state index >= 15 is 0 Å². The summed E-state index contributed by atoms with van der Waals surface area (Å²) >= 11 is 0. The van der Waals surface area contributed by atoms with E-state index in [1.165, 1.54) is 43.3 Å². The van der Waals surface area contributed by atoms with E-state index in [-0.39, 0.29) is 16.6 Å². The van der Waals surface area contributed by atoms with Crippen molar-refractivity contribution in [1.82, 2.24) is 0 Å². The number of hydrogen-bond donors (Lipinski definition) is 1. The molecule has 0 radical (unpaired) electrons. The van der Waals surface area contributed by atoms with E-state index < -0.39 is 15.9 Å². The van der Waals surface area contributed by atoms with Gasteiger partial charge in [-0.1, -0.05) is 30.3 Å². The van der Waals surface area contributed by atoms with Crippen LogP contribution in [0.3, 0.4) is 0 Å². The van der Waals surface area contributed by atoms with E-state index in [1.807, 2.05) is 6.07 Å². The van der Waals surface area contributed by atoms with Gasteiger partial charge >= 0.3 is 10.1 Å². The van der Waals surface area contributed by atoms with Crippen LogP contribution in [0, 0.1) is 5.82 Å². The van der Waals surface area contributed by atoms with Crippen LogP contribution in [0.4, 0.5) is 10.1 Å². The van der Waals surface area contributed by atoms with Crippen LogP contribution in [0.25, 0.3) is 11.1 Å². The van der Waals surface area contributed by atoms with Crippen LogP contribution < -0.4 is 9.50 Å². The molecule has 7 heteroatoms.